The Morgan fingerprint density at radius 1 is 1.38 bits per heavy atom. The van der Waals surface area contributed by atoms with Crippen molar-refractivity contribution in [3.63, 3.8) is 0 Å². The zero-order valence-corrected chi connectivity index (χ0v) is 13.1. The number of carbonyl (C=O) groups excluding carboxylic acids is 1. The molecule has 2 heterocycles. The fourth-order valence-electron chi connectivity index (χ4n) is 2.85. The zero-order valence-electron chi connectivity index (χ0n) is 13.1. The highest BCUT2D eigenvalue weighted by Gasteiger charge is 2.33. The van der Waals surface area contributed by atoms with Crippen molar-refractivity contribution in [2.45, 2.75) is 38.8 Å². The minimum Gasteiger partial charge on any atom is -0.339 e. The summed E-state index contributed by atoms with van der Waals surface area (Å²) >= 11 is 0. The smallest absolute Gasteiger partial charge is 0.242 e. The van der Waals surface area contributed by atoms with Crippen LogP contribution in [0.2, 0.25) is 0 Å². The third kappa shape index (κ3) is 4.25. The van der Waals surface area contributed by atoms with E-state index in [9.17, 15) is 4.79 Å². The second-order valence-corrected chi connectivity index (χ2v) is 6.10. The molecular weight excluding hydrogens is 264 g/mol. The van der Waals surface area contributed by atoms with Gasteiger partial charge >= 0.3 is 0 Å². The predicted octanol–water partition coefficient (Wildman–Crippen LogP) is 1.24. The second kappa shape index (κ2) is 7.00. The number of nitrogens with zero attached hydrogens (tertiary/aromatic N) is 3. The standard InChI is InChI=1S/C16H26N4O/c1-3-6-16(2,17)15(21)20-10-8-19(9-11-20)13-14-5-4-7-18-12-14/h4-5,7,12H,3,6,8-11,13,17H2,1-2H3. The molecule has 0 saturated carbocycles. The monoisotopic (exact) mass is 290 g/mol. The zero-order chi connectivity index (χ0) is 15.3. The van der Waals surface area contributed by atoms with E-state index in [0.29, 0.717) is 0 Å². The molecule has 0 aliphatic carbocycles. The van der Waals surface area contributed by atoms with Crippen LogP contribution in [0.4, 0.5) is 0 Å². The first-order valence-electron chi connectivity index (χ1n) is 7.72. The van der Waals surface area contributed by atoms with Crippen molar-refractivity contribution >= 4 is 5.91 Å². The van der Waals surface area contributed by atoms with Crippen molar-refractivity contribution in [1.29, 1.82) is 0 Å². The molecule has 0 aromatic carbocycles. The quantitative estimate of drug-likeness (QED) is 0.886. The average Bonchev–Trinajstić information content (AvgIpc) is 2.48. The van der Waals surface area contributed by atoms with Gasteiger partial charge in [0.2, 0.25) is 5.91 Å². The first kappa shape index (κ1) is 15.9. The lowest BCUT2D eigenvalue weighted by molar-refractivity contribution is -0.138. The summed E-state index contributed by atoms with van der Waals surface area (Å²) in [6.45, 7) is 8.10. The molecule has 1 atom stereocenters. The fraction of sp³-hybridized carbons (Fsp3) is 0.625. The Balaban J connectivity index is 1.84. The second-order valence-electron chi connectivity index (χ2n) is 6.10. The summed E-state index contributed by atoms with van der Waals surface area (Å²) in [4.78, 5) is 20.9. The van der Waals surface area contributed by atoms with Gasteiger partial charge in [-0.15, -0.1) is 0 Å². The van der Waals surface area contributed by atoms with E-state index in [1.54, 1.807) is 6.20 Å². The number of carbonyl (C=O) groups is 1. The third-order valence-electron chi connectivity index (χ3n) is 4.05. The average molecular weight is 290 g/mol. The minimum atomic E-state index is -0.722. The molecule has 1 aliphatic rings. The van der Waals surface area contributed by atoms with Gasteiger partial charge in [0.1, 0.15) is 0 Å². The van der Waals surface area contributed by atoms with Crippen molar-refractivity contribution in [1.82, 2.24) is 14.8 Å². The summed E-state index contributed by atoms with van der Waals surface area (Å²) in [5.41, 5.74) is 6.64. The van der Waals surface area contributed by atoms with Crippen LogP contribution in [0.1, 0.15) is 32.3 Å². The minimum absolute atomic E-state index is 0.0883. The molecule has 1 saturated heterocycles. The molecule has 1 aliphatic heterocycles. The van der Waals surface area contributed by atoms with Crippen molar-refractivity contribution in [2.24, 2.45) is 5.73 Å². The Labute approximate surface area is 127 Å². The molecule has 1 aromatic rings. The molecule has 1 fully saturated rings. The van der Waals surface area contributed by atoms with E-state index >= 15 is 0 Å². The van der Waals surface area contributed by atoms with Gasteiger partial charge in [0.05, 0.1) is 5.54 Å². The van der Waals surface area contributed by atoms with E-state index < -0.39 is 5.54 Å². The van der Waals surface area contributed by atoms with Gasteiger partial charge in [-0.3, -0.25) is 14.7 Å². The van der Waals surface area contributed by atoms with Gasteiger partial charge in [-0.2, -0.15) is 0 Å². The number of aromatic nitrogens is 1. The van der Waals surface area contributed by atoms with E-state index in [-0.39, 0.29) is 5.91 Å². The summed E-state index contributed by atoms with van der Waals surface area (Å²) in [6, 6.07) is 4.04. The number of nitrogens with two attached hydrogens (primary N) is 1. The molecule has 0 bridgehead atoms. The third-order valence-corrected chi connectivity index (χ3v) is 4.05. The van der Waals surface area contributed by atoms with Crippen molar-refractivity contribution in [3.8, 4) is 0 Å². The van der Waals surface area contributed by atoms with E-state index in [1.807, 2.05) is 24.1 Å². The largest absolute Gasteiger partial charge is 0.339 e. The van der Waals surface area contributed by atoms with Crippen LogP contribution < -0.4 is 5.73 Å². The molecule has 5 heteroatoms. The number of amides is 1. The van der Waals surface area contributed by atoms with Crippen LogP contribution in [0, 0.1) is 0 Å². The van der Waals surface area contributed by atoms with Gasteiger partial charge in [-0.25, -0.2) is 0 Å². The van der Waals surface area contributed by atoms with Gasteiger partial charge in [0, 0.05) is 45.1 Å². The maximum atomic E-state index is 12.4. The highest BCUT2D eigenvalue weighted by molar-refractivity contribution is 5.85. The Kier molecular flexibility index (Phi) is 5.31. The maximum absolute atomic E-state index is 12.4. The maximum Gasteiger partial charge on any atom is 0.242 e. The Hall–Kier alpha value is -1.46. The molecular formula is C16H26N4O. The molecule has 1 amide bonds. The lowest BCUT2D eigenvalue weighted by Gasteiger charge is -2.38. The summed E-state index contributed by atoms with van der Waals surface area (Å²) in [6.07, 6.45) is 5.35. The highest BCUT2D eigenvalue weighted by atomic mass is 16.2. The molecule has 0 spiro atoms. The van der Waals surface area contributed by atoms with E-state index in [0.717, 1.165) is 45.6 Å². The number of piperazine rings is 1. The van der Waals surface area contributed by atoms with Crippen LogP contribution in [-0.4, -0.2) is 52.4 Å². The lowest BCUT2D eigenvalue weighted by Crippen LogP contribution is -2.58. The van der Waals surface area contributed by atoms with Gasteiger partial charge < -0.3 is 10.6 Å². The first-order valence-corrected chi connectivity index (χ1v) is 7.72. The lowest BCUT2D eigenvalue weighted by atomic mass is 9.95. The molecule has 1 unspecified atom stereocenters. The topological polar surface area (TPSA) is 62.5 Å². The molecule has 0 radical (unpaired) electrons. The summed E-state index contributed by atoms with van der Waals surface area (Å²) in [5, 5.41) is 0. The van der Waals surface area contributed by atoms with Crippen LogP contribution in [0.25, 0.3) is 0 Å². The number of pyridine rings is 1. The Morgan fingerprint density at radius 2 is 2.10 bits per heavy atom. The van der Waals surface area contributed by atoms with E-state index in [1.165, 1.54) is 5.56 Å². The van der Waals surface area contributed by atoms with Crippen LogP contribution in [0.5, 0.6) is 0 Å². The summed E-state index contributed by atoms with van der Waals surface area (Å²) in [7, 11) is 0. The SMILES string of the molecule is CCCC(C)(N)C(=O)N1CCN(Cc2cccnc2)CC1. The van der Waals surface area contributed by atoms with Crippen molar-refractivity contribution in [2.75, 3.05) is 26.2 Å². The van der Waals surface area contributed by atoms with Crippen LogP contribution in [0.15, 0.2) is 24.5 Å². The van der Waals surface area contributed by atoms with Gasteiger partial charge in [-0.1, -0.05) is 19.4 Å². The molecule has 2 rings (SSSR count). The molecule has 1 aromatic heterocycles. The Morgan fingerprint density at radius 3 is 2.67 bits per heavy atom. The van der Waals surface area contributed by atoms with Gasteiger partial charge in [0.25, 0.3) is 0 Å². The van der Waals surface area contributed by atoms with Crippen molar-refractivity contribution in [3.05, 3.63) is 30.1 Å². The van der Waals surface area contributed by atoms with E-state index in [2.05, 4.69) is 22.9 Å². The van der Waals surface area contributed by atoms with Crippen LogP contribution in [-0.2, 0) is 11.3 Å². The number of hydrogen-bond donors (Lipinski definition) is 1. The highest BCUT2D eigenvalue weighted by Crippen LogP contribution is 2.15. The first-order chi connectivity index (χ1) is 10.0. The predicted molar refractivity (Wildman–Crippen MR) is 83.6 cm³/mol. The molecule has 2 N–H and O–H groups in total. The van der Waals surface area contributed by atoms with Crippen molar-refractivity contribution < 1.29 is 4.79 Å². The summed E-state index contributed by atoms with van der Waals surface area (Å²) < 4.78 is 0. The molecule has 5 nitrogen and oxygen atoms in total. The van der Waals surface area contributed by atoms with E-state index in [4.69, 9.17) is 5.73 Å². The van der Waals surface area contributed by atoms with Gasteiger partial charge in [0.15, 0.2) is 0 Å². The fourth-order valence-corrected chi connectivity index (χ4v) is 2.85. The van der Waals surface area contributed by atoms with Gasteiger partial charge in [-0.05, 0) is 25.0 Å². The normalized spacial score (nSPS) is 19.3. The Bertz CT molecular complexity index is 453. The number of hydrogen-bond acceptors (Lipinski definition) is 4. The van der Waals surface area contributed by atoms with Crippen LogP contribution in [0.3, 0.4) is 0 Å². The molecule has 21 heavy (non-hydrogen) atoms. The number of rotatable bonds is 5. The summed E-state index contributed by atoms with van der Waals surface area (Å²) in [5.74, 6) is 0.0883. The van der Waals surface area contributed by atoms with Crippen LogP contribution >= 0.6 is 0 Å². The molecule has 116 valence electrons.